The number of nitrogen functional groups attached to an aromatic ring is 1. The van der Waals surface area contributed by atoms with Crippen molar-refractivity contribution in [3.63, 3.8) is 0 Å². The van der Waals surface area contributed by atoms with Gasteiger partial charge in [-0.2, -0.15) is 0 Å². The standard InChI is InChI=1S/C11H10N4O3/c1-7-3-2-4-8(15(16)17)11(7)18-10-5-9(12)13-6-14-10/h2-6H,1H3,(H2,12,13,14). The molecule has 2 rings (SSSR count). The predicted octanol–water partition coefficient (Wildman–Crippen LogP) is 2.07. The second-order valence-electron chi connectivity index (χ2n) is 3.56. The van der Waals surface area contributed by atoms with Crippen LogP contribution >= 0.6 is 0 Å². The van der Waals surface area contributed by atoms with E-state index in [1.165, 1.54) is 18.5 Å². The van der Waals surface area contributed by atoms with Gasteiger partial charge in [0.05, 0.1) is 4.92 Å². The van der Waals surface area contributed by atoms with E-state index < -0.39 is 4.92 Å². The fraction of sp³-hybridized carbons (Fsp3) is 0.0909. The first-order valence-corrected chi connectivity index (χ1v) is 5.07. The molecule has 1 aromatic heterocycles. The minimum Gasteiger partial charge on any atom is -0.431 e. The van der Waals surface area contributed by atoms with Crippen LogP contribution in [0.15, 0.2) is 30.6 Å². The summed E-state index contributed by atoms with van der Waals surface area (Å²) in [5.74, 6) is 0.553. The van der Waals surface area contributed by atoms with Crippen molar-refractivity contribution in [3.05, 3.63) is 46.3 Å². The molecular formula is C11H10N4O3. The highest BCUT2D eigenvalue weighted by Crippen LogP contribution is 2.33. The zero-order valence-electron chi connectivity index (χ0n) is 9.53. The number of anilines is 1. The van der Waals surface area contributed by atoms with Gasteiger partial charge >= 0.3 is 5.69 Å². The van der Waals surface area contributed by atoms with Crippen molar-refractivity contribution >= 4 is 11.5 Å². The van der Waals surface area contributed by atoms with E-state index in [9.17, 15) is 10.1 Å². The van der Waals surface area contributed by atoms with Crippen molar-refractivity contribution in [2.24, 2.45) is 0 Å². The zero-order chi connectivity index (χ0) is 13.1. The van der Waals surface area contributed by atoms with E-state index in [1.54, 1.807) is 19.1 Å². The van der Waals surface area contributed by atoms with E-state index in [0.717, 1.165) is 0 Å². The molecule has 7 heteroatoms. The van der Waals surface area contributed by atoms with Crippen molar-refractivity contribution in [2.45, 2.75) is 6.92 Å². The van der Waals surface area contributed by atoms with Gasteiger partial charge in [0.15, 0.2) is 0 Å². The Morgan fingerprint density at radius 3 is 2.83 bits per heavy atom. The quantitative estimate of drug-likeness (QED) is 0.656. The molecule has 0 aliphatic heterocycles. The van der Waals surface area contributed by atoms with Gasteiger partial charge in [0.25, 0.3) is 0 Å². The van der Waals surface area contributed by atoms with Crippen molar-refractivity contribution in [1.29, 1.82) is 0 Å². The largest absolute Gasteiger partial charge is 0.431 e. The number of aryl methyl sites for hydroxylation is 1. The van der Waals surface area contributed by atoms with Crippen LogP contribution in [0.1, 0.15) is 5.56 Å². The first-order valence-electron chi connectivity index (χ1n) is 5.07. The van der Waals surface area contributed by atoms with Crippen molar-refractivity contribution in [3.8, 4) is 11.6 Å². The third-order valence-corrected chi connectivity index (χ3v) is 2.26. The number of rotatable bonds is 3. The SMILES string of the molecule is Cc1cccc([N+](=O)[O-])c1Oc1cc(N)ncn1. The monoisotopic (exact) mass is 246 g/mol. The number of nitro benzene ring substituents is 1. The zero-order valence-corrected chi connectivity index (χ0v) is 9.53. The summed E-state index contributed by atoms with van der Waals surface area (Å²) in [6, 6.07) is 6.07. The summed E-state index contributed by atoms with van der Waals surface area (Å²) in [7, 11) is 0. The Hall–Kier alpha value is -2.70. The summed E-state index contributed by atoms with van der Waals surface area (Å²) in [6.07, 6.45) is 1.23. The Bertz CT molecular complexity index is 601. The van der Waals surface area contributed by atoms with Gasteiger partial charge in [-0.05, 0) is 12.5 Å². The Morgan fingerprint density at radius 1 is 1.39 bits per heavy atom. The van der Waals surface area contributed by atoms with Gasteiger partial charge in [-0.3, -0.25) is 10.1 Å². The number of hydrogen-bond donors (Lipinski definition) is 1. The van der Waals surface area contributed by atoms with Gasteiger partial charge in [-0.25, -0.2) is 9.97 Å². The first-order chi connectivity index (χ1) is 8.58. The van der Waals surface area contributed by atoms with Crippen molar-refractivity contribution < 1.29 is 9.66 Å². The molecular weight excluding hydrogens is 236 g/mol. The molecule has 0 saturated heterocycles. The van der Waals surface area contributed by atoms with Crippen LogP contribution in [0.25, 0.3) is 0 Å². The van der Waals surface area contributed by atoms with Gasteiger partial charge in [0, 0.05) is 12.1 Å². The van der Waals surface area contributed by atoms with Crippen LogP contribution < -0.4 is 10.5 Å². The first kappa shape index (κ1) is 11.8. The Labute approximate surface area is 102 Å². The fourth-order valence-electron chi connectivity index (χ4n) is 1.43. The summed E-state index contributed by atoms with van der Waals surface area (Å²) >= 11 is 0. The molecule has 0 bridgehead atoms. The molecule has 0 aliphatic carbocycles. The second kappa shape index (κ2) is 4.66. The van der Waals surface area contributed by atoms with Crippen LogP contribution in [0, 0.1) is 17.0 Å². The van der Waals surface area contributed by atoms with E-state index >= 15 is 0 Å². The molecule has 7 nitrogen and oxygen atoms in total. The number of benzene rings is 1. The molecule has 0 spiro atoms. The normalized spacial score (nSPS) is 10.1. The smallest absolute Gasteiger partial charge is 0.311 e. The van der Waals surface area contributed by atoms with Crippen LogP contribution in [-0.2, 0) is 0 Å². The highest BCUT2D eigenvalue weighted by Gasteiger charge is 2.18. The lowest BCUT2D eigenvalue weighted by Gasteiger charge is -2.07. The molecule has 0 radical (unpaired) electrons. The second-order valence-corrected chi connectivity index (χ2v) is 3.56. The molecule has 2 N–H and O–H groups in total. The Balaban J connectivity index is 2.42. The molecule has 92 valence electrons. The summed E-state index contributed by atoms with van der Waals surface area (Å²) in [4.78, 5) is 17.9. The molecule has 0 fully saturated rings. The maximum Gasteiger partial charge on any atom is 0.311 e. The maximum atomic E-state index is 10.9. The summed E-state index contributed by atoms with van der Waals surface area (Å²) in [5.41, 5.74) is 6.00. The Kier molecular flexibility index (Phi) is 3.05. The predicted molar refractivity (Wildman–Crippen MR) is 64.4 cm³/mol. The number of nitrogens with zero attached hydrogens (tertiary/aromatic N) is 3. The highest BCUT2D eigenvalue weighted by molar-refractivity contribution is 5.52. The van der Waals surface area contributed by atoms with Gasteiger partial charge in [0.1, 0.15) is 12.1 Å². The average Bonchev–Trinajstić information content (AvgIpc) is 2.31. The van der Waals surface area contributed by atoms with E-state index in [-0.39, 0.29) is 23.1 Å². The fourth-order valence-corrected chi connectivity index (χ4v) is 1.43. The average molecular weight is 246 g/mol. The summed E-state index contributed by atoms with van der Waals surface area (Å²) in [6.45, 7) is 1.72. The Morgan fingerprint density at radius 2 is 2.17 bits per heavy atom. The maximum absolute atomic E-state index is 10.9. The van der Waals surface area contributed by atoms with Crippen molar-refractivity contribution in [2.75, 3.05) is 5.73 Å². The lowest BCUT2D eigenvalue weighted by molar-refractivity contribution is -0.385. The van der Waals surface area contributed by atoms with Crippen LogP contribution in [0.4, 0.5) is 11.5 Å². The topological polar surface area (TPSA) is 104 Å². The molecule has 0 atom stereocenters. The number of para-hydroxylation sites is 1. The van der Waals surface area contributed by atoms with Crippen LogP contribution in [0.2, 0.25) is 0 Å². The summed E-state index contributed by atoms with van der Waals surface area (Å²) in [5, 5.41) is 10.9. The number of ether oxygens (including phenoxy) is 1. The lowest BCUT2D eigenvalue weighted by Crippen LogP contribution is -1.98. The molecule has 1 heterocycles. The number of aromatic nitrogens is 2. The van der Waals surface area contributed by atoms with E-state index in [0.29, 0.717) is 5.56 Å². The third kappa shape index (κ3) is 2.34. The number of nitro groups is 1. The number of hydrogen-bond acceptors (Lipinski definition) is 6. The van der Waals surface area contributed by atoms with E-state index in [4.69, 9.17) is 10.5 Å². The lowest BCUT2D eigenvalue weighted by atomic mass is 10.2. The molecule has 0 unspecified atom stereocenters. The van der Waals surface area contributed by atoms with E-state index in [2.05, 4.69) is 9.97 Å². The summed E-state index contributed by atoms with van der Waals surface area (Å²) < 4.78 is 5.41. The third-order valence-electron chi connectivity index (χ3n) is 2.26. The molecule has 0 aliphatic rings. The van der Waals surface area contributed by atoms with Gasteiger partial charge < -0.3 is 10.5 Å². The minimum absolute atomic E-state index is 0.118. The van der Waals surface area contributed by atoms with E-state index in [1.807, 2.05) is 0 Å². The minimum atomic E-state index is -0.507. The molecule has 2 aromatic rings. The van der Waals surface area contributed by atoms with Gasteiger partial charge in [-0.15, -0.1) is 0 Å². The molecule has 0 amide bonds. The van der Waals surface area contributed by atoms with Crippen LogP contribution in [0.5, 0.6) is 11.6 Å². The number of nitrogens with two attached hydrogens (primary N) is 1. The molecule has 18 heavy (non-hydrogen) atoms. The van der Waals surface area contributed by atoms with Gasteiger partial charge in [-0.1, -0.05) is 12.1 Å². The van der Waals surface area contributed by atoms with Crippen LogP contribution in [-0.4, -0.2) is 14.9 Å². The van der Waals surface area contributed by atoms with Crippen LogP contribution in [0.3, 0.4) is 0 Å². The molecule has 0 saturated carbocycles. The highest BCUT2D eigenvalue weighted by atomic mass is 16.6. The molecule has 1 aromatic carbocycles. The van der Waals surface area contributed by atoms with Gasteiger partial charge in [0.2, 0.25) is 11.6 Å². The van der Waals surface area contributed by atoms with Crippen molar-refractivity contribution in [1.82, 2.24) is 9.97 Å².